The van der Waals surface area contributed by atoms with Gasteiger partial charge in [0.15, 0.2) is 5.96 Å². The van der Waals surface area contributed by atoms with Crippen molar-refractivity contribution in [2.24, 2.45) is 16.1 Å². The molecule has 0 spiro atoms. The third-order valence-electron chi connectivity index (χ3n) is 3.64. The molecule has 1 saturated carbocycles. The van der Waals surface area contributed by atoms with Crippen LogP contribution in [0.1, 0.15) is 52.9 Å². The first-order valence-electron chi connectivity index (χ1n) is 7.02. The molecule has 0 saturated heterocycles. The second-order valence-corrected chi connectivity index (χ2v) is 6.30. The van der Waals surface area contributed by atoms with Gasteiger partial charge in [-0.15, -0.1) is 24.0 Å². The highest BCUT2D eigenvalue weighted by atomic mass is 127. The Hall–Kier alpha value is -0.0400. The van der Waals surface area contributed by atoms with E-state index in [9.17, 15) is 0 Å². The number of hydrogen-bond donors (Lipinski definition) is 2. The van der Waals surface area contributed by atoms with Crippen LogP contribution in [0.5, 0.6) is 0 Å². The smallest absolute Gasteiger partial charge is 0.188 e. The van der Waals surface area contributed by atoms with Crippen LogP contribution < -0.4 is 11.1 Å². The van der Waals surface area contributed by atoms with Crippen LogP contribution in [0.3, 0.4) is 0 Å². The molecule has 0 heterocycles. The minimum absolute atomic E-state index is 0. The number of nitrogens with one attached hydrogen (secondary N) is 1. The van der Waals surface area contributed by atoms with E-state index in [0.29, 0.717) is 18.5 Å². The summed E-state index contributed by atoms with van der Waals surface area (Å²) in [7, 11) is 1.73. The first kappa shape index (κ1) is 19.0. The zero-order valence-corrected chi connectivity index (χ0v) is 15.1. The van der Waals surface area contributed by atoms with E-state index in [2.05, 4.69) is 31.1 Å². The lowest BCUT2D eigenvalue weighted by atomic mass is 9.89. The molecule has 19 heavy (non-hydrogen) atoms. The largest absolute Gasteiger partial charge is 0.379 e. The maximum atomic E-state index is 5.93. The zero-order valence-electron chi connectivity index (χ0n) is 12.7. The molecule has 0 aliphatic heterocycles. The second-order valence-electron chi connectivity index (χ2n) is 6.30. The lowest BCUT2D eigenvalue weighted by molar-refractivity contribution is 0.0241. The Labute approximate surface area is 135 Å². The van der Waals surface area contributed by atoms with E-state index in [1.54, 1.807) is 7.11 Å². The molecule has 1 atom stereocenters. The summed E-state index contributed by atoms with van der Waals surface area (Å²) < 4.78 is 5.46. The summed E-state index contributed by atoms with van der Waals surface area (Å²) in [5, 5.41) is 3.32. The highest BCUT2D eigenvalue weighted by Crippen LogP contribution is 2.22. The summed E-state index contributed by atoms with van der Waals surface area (Å²) in [4.78, 5) is 4.41. The number of nitrogens with two attached hydrogens (primary N) is 1. The minimum atomic E-state index is 0. The number of methoxy groups -OCH3 is 1. The molecule has 1 rings (SSSR count). The van der Waals surface area contributed by atoms with Crippen LogP contribution in [-0.2, 0) is 4.74 Å². The van der Waals surface area contributed by atoms with Gasteiger partial charge in [-0.05, 0) is 18.3 Å². The van der Waals surface area contributed by atoms with E-state index < -0.39 is 0 Å². The zero-order chi connectivity index (χ0) is 13.6. The first-order chi connectivity index (χ1) is 8.43. The lowest BCUT2D eigenvalue weighted by Crippen LogP contribution is -2.42. The maximum absolute atomic E-state index is 5.93. The van der Waals surface area contributed by atoms with Gasteiger partial charge < -0.3 is 15.8 Å². The Morgan fingerprint density at radius 1 is 1.32 bits per heavy atom. The van der Waals surface area contributed by atoms with Gasteiger partial charge in [-0.1, -0.05) is 40.0 Å². The van der Waals surface area contributed by atoms with Crippen LogP contribution in [0, 0.1) is 5.41 Å². The highest BCUT2D eigenvalue weighted by molar-refractivity contribution is 14.0. The average Bonchev–Trinajstić information content (AvgIpc) is 2.29. The summed E-state index contributed by atoms with van der Waals surface area (Å²) >= 11 is 0. The van der Waals surface area contributed by atoms with Crippen LogP contribution in [0.4, 0.5) is 0 Å². The van der Waals surface area contributed by atoms with E-state index in [0.717, 1.165) is 0 Å². The van der Waals surface area contributed by atoms with Gasteiger partial charge in [-0.25, -0.2) is 0 Å². The molecule has 1 fully saturated rings. The fourth-order valence-corrected chi connectivity index (χ4v) is 2.38. The Morgan fingerprint density at radius 2 is 1.89 bits per heavy atom. The van der Waals surface area contributed by atoms with Crippen molar-refractivity contribution in [3.63, 3.8) is 0 Å². The van der Waals surface area contributed by atoms with Crippen molar-refractivity contribution in [3.8, 4) is 0 Å². The van der Waals surface area contributed by atoms with Crippen molar-refractivity contribution in [1.82, 2.24) is 5.32 Å². The molecule has 114 valence electrons. The van der Waals surface area contributed by atoms with Crippen LogP contribution in [0.25, 0.3) is 0 Å². The fourth-order valence-electron chi connectivity index (χ4n) is 2.38. The molecule has 4 nitrogen and oxygen atoms in total. The quantitative estimate of drug-likeness (QED) is 0.446. The summed E-state index contributed by atoms with van der Waals surface area (Å²) in [6.07, 6.45) is 6.47. The molecular weight excluding hydrogens is 353 g/mol. The number of ether oxygens (including phenoxy) is 1. The SMILES string of the molecule is COC(CN=C(N)NC1CCCCC1)C(C)(C)C.I. The van der Waals surface area contributed by atoms with Gasteiger partial charge in [0.05, 0.1) is 12.6 Å². The molecule has 1 unspecified atom stereocenters. The average molecular weight is 383 g/mol. The number of guanidine groups is 1. The molecule has 3 N–H and O–H groups in total. The van der Waals surface area contributed by atoms with Crippen LogP contribution in [-0.4, -0.2) is 31.8 Å². The molecule has 0 radical (unpaired) electrons. The number of aliphatic imine (C=N–C) groups is 1. The number of halogens is 1. The molecule has 1 aliphatic rings. The molecule has 0 bridgehead atoms. The van der Waals surface area contributed by atoms with Crippen LogP contribution in [0.15, 0.2) is 4.99 Å². The van der Waals surface area contributed by atoms with Crippen molar-refractivity contribution < 1.29 is 4.74 Å². The van der Waals surface area contributed by atoms with E-state index in [1.807, 2.05) is 0 Å². The van der Waals surface area contributed by atoms with Gasteiger partial charge in [0.25, 0.3) is 0 Å². The number of hydrogen-bond acceptors (Lipinski definition) is 2. The Balaban J connectivity index is 0.00000324. The molecule has 1 aliphatic carbocycles. The summed E-state index contributed by atoms with van der Waals surface area (Å²) in [5.41, 5.74) is 6.02. The lowest BCUT2D eigenvalue weighted by Gasteiger charge is -2.28. The highest BCUT2D eigenvalue weighted by Gasteiger charge is 2.24. The summed E-state index contributed by atoms with van der Waals surface area (Å²) in [5.74, 6) is 0.563. The van der Waals surface area contributed by atoms with E-state index >= 15 is 0 Å². The monoisotopic (exact) mass is 383 g/mol. The summed E-state index contributed by atoms with van der Waals surface area (Å²) in [6.45, 7) is 7.08. The third-order valence-corrected chi connectivity index (χ3v) is 3.64. The van der Waals surface area contributed by atoms with Gasteiger partial charge >= 0.3 is 0 Å². The van der Waals surface area contributed by atoms with E-state index in [1.165, 1.54) is 32.1 Å². The Bertz CT molecular complexity index is 270. The predicted molar refractivity (Wildman–Crippen MR) is 92.2 cm³/mol. The number of rotatable bonds is 4. The Kier molecular flexibility index (Phi) is 8.98. The third kappa shape index (κ3) is 7.34. The van der Waals surface area contributed by atoms with Gasteiger partial charge in [0, 0.05) is 13.2 Å². The minimum Gasteiger partial charge on any atom is -0.379 e. The topological polar surface area (TPSA) is 59.6 Å². The van der Waals surface area contributed by atoms with Gasteiger partial charge in [-0.2, -0.15) is 0 Å². The van der Waals surface area contributed by atoms with Crippen molar-refractivity contribution >= 4 is 29.9 Å². The van der Waals surface area contributed by atoms with Crippen molar-refractivity contribution in [2.45, 2.75) is 65.0 Å². The summed E-state index contributed by atoms with van der Waals surface area (Å²) in [6, 6.07) is 0.512. The predicted octanol–water partition coefficient (Wildman–Crippen LogP) is 2.90. The molecular formula is C14H30IN3O. The van der Waals surface area contributed by atoms with Crippen molar-refractivity contribution in [1.29, 1.82) is 0 Å². The fraction of sp³-hybridized carbons (Fsp3) is 0.929. The van der Waals surface area contributed by atoms with Crippen LogP contribution in [0.2, 0.25) is 0 Å². The molecule has 0 aromatic carbocycles. The van der Waals surface area contributed by atoms with Crippen LogP contribution >= 0.6 is 24.0 Å². The van der Waals surface area contributed by atoms with Gasteiger partial charge in [0.1, 0.15) is 0 Å². The van der Waals surface area contributed by atoms with E-state index in [4.69, 9.17) is 10.5 Å². The normalized spacial score (nSPS) is 19.7. The first-order valence-corrected chi connectivity index (χ1v) is 7.02. The molecule has 0 amide bonds. The van der Waals surface area contributed by atoms with Gasteiger partial charge in [0.2, 0.25) is 0 Å². The standard InChI is InChI=1S/C14H29N3O.HI/c1-14(2,3)12(18-4)10-16-13(15)17-11-8-6-5-7-9-11;/h11-12H,5-10H2,1-4H3,(H3,15,16,17);1H. The maximum Gasteiger partial charge on any atom is 0.188 e. The van der Waals surface area contributed by atoms with Crippen molar-refractivity contribution in [3.05, 3.63) is 0 Å². The number of nitrogens with zero attached hydrogens (tertiary/aromatic N) is 1. The Morgan fingerprint density at radius 3 is 2.37 bits per heavy atom. The van der Waals surface area contributed by atoms with Gasteiger partial charge in [-0.3, -0.25) is 4.99 Å². The van der Waals surface area contributed by atoms with E-state index in [-0.39, 0.29) is 35.5 Å². The molecule has 0 aromatic rings. The molecule has 5 heteroatoms. The van der Waals surface area contributed by atoms with Crippen molar-refractivity contribution in [2.75, 3.05) is 13.7 Å². The molecule has 0 aromatic heterocycles. The second kappa shape index (κ2) is 9.00.